The molecule has 0 aliphatic heterocycles. The summed E-state index contributed by atoms with van der Waals surface area (Å²) in [5.74, 6) is -0.378. The van der Waals surface area contributed by atoms with E-state index in [9.17, 15) is 9.59 Å². The topological polar surface area (TPSA) is 63.6 Å². The van der Waals surface area contributed by atoms with Gasteiger partial charge in [0, 0.05) is 5.92 Å². The maximum atomic E-state index is 12.5. The van der Waals surface area contributed by atoms with Crippen LogP contribution >= 0.6 is 0 Å². The van der Waals surface area contributed by atoms with E-state index in [4.69, 9.17) is 9.84 Å². The second-order valence-electron chi connectivity index (χ2n) is 7.55. The average molecular weight is 373 g/mol. The standard InChI is InChI=1S/C23H32O4/c1-4-6-8-18(5-2)23(26)27-21-10-7-9-20(21)15-17-11-13-19(14-12-17)16(3)22(24)25/h10-14,16,18,20H,4-9,15H2,1-3H3,(H,24,25). The van der Waals surface area contributed by atoms with Crippen molar-refractivity contribution in [1.82, 2.24) is 0 Å². The highest BCUT2D eigenvalue weighted by Gasteiger charge is 2.26. The van der Waals surface area contributed by atoms with E-state index >= 15 is 0 Å². The fourth-order valence-electron chi connectivity index (χ4n) is 3.57. The number of carboxylic acids is 1. The molecule has 0 fully saturated rings. The smallest absolute Gasteiger partial charge is 0.313 e. The molecule has 0 saturated heterocycles. The van der Waals surface area contributed by atoms with Gasteiger partial charge in [0.15, 0.2) is 0 Å². The van der Waals surface area contributed by atoms with Crippen molar-refractivity contribution in [1.29, 1.82) is 0 Å². The molecule has 4 nitrogen and oxygen atoms in total. The van der Waals surface area contributed by atoms with Gasteiger partial charge in [0.05, 0.1) is 11.8 Å². The minimum atomic E-state index is -0.816. The lowest BCUT2D eigenvalue weighted by atomic mass is 9.94. The Kier molecular flexibility index (Phi) is 8.08. The first-order chi connectivity index (χ1) is 13.0. The molecule has 4 heteroatoms. The van der Waals surface area contributed by atoms with Crippen LogP contribution in [0.15, 0.2) is 36.1 Å². The number of carbonyl (C=O) groups excluding carboxylic acids is 1. The van der Waals surface area contributed by atoms with E-state index in [2.05, 4.69) is 13.0 Å². The Bertz CT molecular complexity index is 659. The maximum Gasteiger partial charge on any atom is 0.313 e. The minimum Gasteiger partial charge on any atom is -0.481 e. The molecule has 1 aromatic rings. The summed E-state index contributed by atoms with van der Waals surface area (Å²) < 4.78 is 5.78. The molecule has 1 aromatic carbocycles. The van der Waals surface area contributed by atoms with E-state index in [0.717, 1.165) is 61.8 Å². The molecule has 1 aliphatic carbocycles. The summed E-state index contributed by atoms with van der Waals surface area (Å²) in [6.07, 6.45) is 8.65. The Labute approximate surface area is 162 Å². The molecule has 2 rings (SSSR count). The maximum absolute atomic E-state index is 12.5. The van der Waals surface area contributed by atoms with E-state index in [-0.39, 0.29) is 17.8 Å². The van der Waals surface area contributed by atoms with Crippen LogP contribution in [0.2, 0.25) is 0 Å². The molecule has 0 heterocycles. The Balaban J connectivity index is 1.96. The molecule has 0 saturated carbocycles. The third-order valence-corrected chi connectivity index (χ3v) is 5.55. The fourth-order valence-corrected chi connectivity index (χ4v) is 3.57. The largest absolute Gasteiger partial charge is 0.481 e. The zero-order valence-electron chi connectivity index (χ0n) is 16.7. The van der Waals surface area contributed by atoms with Crippen molar-refractivity contribution in [3.05, 3.63) is 47.2 Å². The van der Waals surface area contributed by atoms with Crippen LogP contribution in [0.4, 0.5) is 0 Å². The summed E-state index contributed by atoms with van der Waals surface area (Å²) in [6, 6.07) is 7.75. The molecule has 0 aromatic heterocycles. The first kappa shape index (κ1) is 21.2. The lowest BCUT2D eigenvalue weighted by Crippen LogP contribution is -2.19. The van der Waals surface area contributed by atoms with Crippen LogP contribution in [0.25, 0.3) is 0 Å². The first-order valence-corrected chi connectivity index (χ1v) is 10.2. The van der Waals surface area contributed by atoms with Gasteiger partial charge in [-0.3, -0.25) is 9.59 Å². The van der Waals surface area contributed by atoms with Crippen LogP contribution in [0.1, 0.15) is 76.3 Å². The van der Waals surface area contributed by atoms with E-state index in [0.29, 0.717) is 0 Å². The summed E-state index contributed by atoms with van der Waals surface area (Å²) in [6.45, 7) is 5.87. The molecule has 3 unspecified atom stereocenters. The number of benzene rings is 1. The van der Waals surface area contributed by atoms with Crippen molar-refractivity contribution in [2.24, 2.45) is 11.8 Å². The predicted octanol–water partition coefficient (Wildman–Crippen LogP) is 5.47. The summed E-state index contributed by atoms with van der Waals surface area (Å²) >= 11 is 0. The Hall–Kier alpha value is -2.10. The van der Waals surface area contributed by atoms with Crippen molar-refractivity contribution in [2.75, 3.05) is 0 Å². The molecular formula is C23H32O4. The summed E-state index contributed by atoms with van der Waals surface area (Å²) in [5, 5.41) is 9.12. The van der Waals surface area contributed by atoms with Gasteiger partial charge in [-0.2, -0.15) is 0 Å². The van der Waals surface area contributed by atoms with Crippen molar-refractivity contribution >= 4 is 11.9 Å². The van der Waals surface area contributed by atoms with Gasteiger partial charge < -0.3 is 9.84 Å². The number of carboxylic acid groups (broad SMARTS) is 1. The van der Waals surface area contributed by atoms with Gasteiger partial charge in [-0.05, 0) is 56.2 Å². The fraction of sp³-hybridized carbons (Fsp3) is 0.565. The number of allylic oxidation sites excluding steroid dienone is 2. The molecule has 1 aliphatic rings. The molecule has 0 bridgehead atoms. The van der Waals surface area contributed by atoms with Gasteiger partial charge >= 0.3 is 11.9 Å². The van der Waals surface area contributed by atoms with Crippen LogP contribution in [-0.4, -0.2) is 17.0 Å². The summed E-state index contributed by atoms with van der Waals surface area (Å²) in [7, 11) is 0. The Morgan fingerprint density at radius 3 is 2.52 bits per heavy atom. The van der Waals surface area contributed by atoms with E-state index in [1.165, 1.54) is 0 Å². The minimum absolute atomic E-state index is 0.0103. The molecule has 0 spiro atoms. The molecule has 1 N–H and O–H groups in total. The number of rotatable bonds is 10. The highest BCUT2D eigenvalue weighted by atomic mass is 16.5. The third kappa shape index (κ3) is 5.95. The summed E-state index contributed by atoms with van der Waals surface area (Å²) in [4.78, 5) is 23.6. The van der Waals surface area contributed by atoms with Crippen LogP contribution < -0.4 is 0 Å². The Morgan fingerprint density at radius 2 is 1.93 bits per heavy atom. The van der Waals surface area contributed by atoms with Gasteiger partial charge in [-0.1, -0.05) is 51.0 Å². The van der Waals surface area contributed by atoms with Crippen LogP contribution in [0.3, 0.4) is 0 Å². The van der Waals surface area contributed by atoms with E-state index < -0.39 is 11.9 Å². The van der Waals surface area contributed by atoms with E-state index in [1.54, 1.807) is 6.92 Å². The molecule has 148 valence electrons. The summed E-state index contributed by atoms with van der Waals surface area (Å²) in [5.41, 5.74) is 1.95. The molecule has 27 heavy (non-hydrogen) atoms. The van der Waals surface area contributed by atoms with Gasteiger partial charge in [-0.15, -0.1) is 0 Å². The predicted molar refractivity (Wildman–Crippen MR) is 106 cm³/mol. The SMILES string of the molecule is CCCCC(CC)C(=O)OC1=CCCC1Cc1ccc(C(C)C(=O)O)cc1. The number of aliphatic carboxylic acids is 1. The molecule has 0 radical (unpaired) electrons. The highest BCUT2D eigenvalue weighted by Crippen LogP contribution is 2.31. The number of unbranched alkanes of at least 4 members (excludes halogenated alkanes) is 1. The normalized spacial score (nSPS) is 18.6. The van der Waals surface area contributed by atoms with Crippen molar-refractivity contribution in [3.63, 3.8) is 0 Å². The van der Waals surface area contributed by atoms with Crippen LogP contribution in [0.5, 0.6) is 0 Å². The molecule has 3 atom stereocenters. The lowest BCUT2D eigenvalue weighted by molar-refractivity contribution is -0.145. The number of hydrogen-bond acceptors (Lipinski definition) is 3. The van der Waals surface area contributed by atoms with Gasteiger partial charge in [-0.25, -0.2) is 0 Å². The molecular weight excluding hydrogens is 340 g/mol. The zero-order valence-corrected chi connectivity index (χ0v) is 16.7. The number of hydrogen-bond donors (Lipinski definition) is 1. The van der Waals surface area contributed by atoms with Crippen LogP contribution in [0, 0.1) is 11.8 Å². The van der Waals surface area contributed by atoms with Gasteiger partial charge in [0.2, 0.25) is 0 Å². The second-order valence-corrected chi connectivity index (χ2v) is 7.55. The lowest BCUT2D eigenvalue weighted by Gasteiger charge is -2.19. The average Bonchev–Trinajstić information content (AvgIpc) is 3.09. The van der Waals surface area contributed by atoms with Crippen molar-refractivity contribution in [2.45, 2.75) is 71.6 Å². The zero-order chi connectivity index (χ0) is 19.8. The number of carbonyl (C=O) groups is 2. The van der Waals surface area contributed by atoms with Crippen molar-refractivity contribution < 1.29 is 19.4 Å². The quantitative estimate of drug-likeness (QED) is 0.553. The number of esters is 1. The highest BCUT2D eigenvalue weighted by molar-refractivity contribution is 5.75. The second kappa shape index (κ2) is 10.3. The molecule has 0 amide bonds. The van der Waals surface area contributed by atoms with Crippen molar-refractivity contribution in [3.8, 4) is 0 Å². The van der Waals surface area contributed by atoms with E-state index in [1.807, 2.05) is 31.2 Å². The van der Waals surface area contributed by atoms with Gasteiger partial charge in [0.25, 0.3) is 0 Å². The first-order valence-electron chi connectivity index (χ1n) is 10.2. The van der Waals surface area contributed by atoms with Gasteiger partial charge in [0.1, 0.15) is 5.76 Å². The number of ether oxygens (including phenoxy) is 1. The third-order valence-electron chi connectivity index (χ3n) is 5.55. The monoisotopic (exact) mass is 372 g/mol. The van der Waals surface area contributed by atoms with Crippen LogP contribution in [-0.2, 0) is 20.7 Å². The Morgan fingerprint density at radius 1 is 1.22 bits per heavy atom.